The maximum absolute atomic E-state index is 14.1. The van der Waals surface area contributed by atoms with Crippen LogP contribution in [0, 0.1) is 5.82 Å². The van der Waals surface area contributed by atoms with E-state index >= 15 is 0 Å². The number of aromatic nitrogens is 2. The van der Waals surface area contributed by atoms with Gasteiger partial charge in [-0.3, -0.25) is 0 Å². The predicted octanol–water partition coefficient (Wildman–Crippen LogP) is 4.20. The van der Waals surface area contributed by atoms with Gasteiger partial charge in [0, 0.05) is 24.9 Å². The molecule has 0 amide bonds. The van der Waals surface area contributed by atoms with Crippen LogP contribution in [0.4, 0.5) is 4.39 Å². The molecule has 34 heavy (non-hydrogen) atoms. The quantitative estimate of drug-likeness (QED) is 0.473. The Hall–Kier alpha value is -3.50. The van der Waals surface area contributed by atoms with Crippen molar-refractivity contribution in [2.75, 3.05) is 34.5 Å². The molecule has 8 nitrogen and oxygen atoms in total. The van der Waals surface area contributed by atoms with Crippen LogP contribution in [0.3, 0.4) is 0 Å². The van der Waals surface area contributed by atoms with Gasteiger partial charge in [-0.25, -0.2) is 4.39 Å². The fourth-order valence-electron chi connectivity index (χ4n) is 3.87. The molecule has 1 atom stereocenters. The molecule has 0 bridgehead atoms. The molecule has 1 aromatic heterocycles. The van der Waals surface area contributed by atoms with E-state index in [9.17, 15) is 4.39 Å². The molecule has 1 unspecified atom stereocenters. The second-order valence-corrected chi connectivity index (χ2v) is 7.96. The Morgan fingerprint density at radius 2 is 1.91 bits per heavy atom. The topological polar surface area (TPSA) is 81.9 Å². The van der Waals surface area contributed by atoms with Gasteiger partial charge < -0.3 is 29.0 Å². The van der Waals surface area contributed by atoms with Gasteiger partial charge in [0.2, 0.25) is 5.82 Å². The number of thiocarbonyl (C=S) groups is 1. The summed E-state index contributed by atoms with van der Waals surface area (Å²) in [5.74, 6) is 1.48. The molecule has 0 fully saturated rings. The molecule has 2 aromatic carbocycles. The molecule has 1 aliphatic heterocycles. The Bertz CT molecular complexity index is 1230. The zero-order chi connectivity index (χ0) is 24.2. The van der Waals surface area contributed by atoms with E-state index in [1.165, 1.54) is 12.1 Å². The summed E-state index contributed by atoms with van der Waals surface area (Å²) in [6.07, 6.45) is 0. The van der Waals surface area contributed by atoms with Gasteiger partial charge in [0.15, 0.2) is 16.6 Å². The number of nitrogens with zero attached hydrogens (tertiary/aromatic N) is 3. The number of nitrogens with one attached hydrogen (secondary N) is 1. The second kappa shape index (κ2) is 10.2. The zero-order valence-electron chi connectivity index (χ0n) is 19.3. The van der Waals surface area contributed by atoms with Crippen LogP contribution in [-0.4, -0.2) is 54.6 Å². The number of halogens is 1. The monoisotopic (exact) mass is 484 g/mol. The van der Waals surface area contributed by atoms with E-state index in [0.717, 1.165) is 5.70 Å². The van der Waals surface area contributed by atoms with Gasteiger partial charge in [0.1, 0.15) is 5.82 Å². The first-order valence-electron chi connectivity index (χ1n) is 10.6. The first-order valence-corrected chi connectivity index (χ1v) is 11.0. The van der Waals surface area contributed by atoms with Gasteiger partial charge in [-0.2, -0.15) is 4.98 Å². The largest absolute Gasteiger partial charge is 0.493 e. The number of methoxy groups -OCH3 is 3. The van der Waals surface area contributed by atoms with Crippen LogP contribution >= 0.6 is 12.2 Å². The van der Waals surface area contributed by atoms with Crippen molar-refractivity contribution in [1.29, 1.82) is 0 Å². The van der Waals surface area contributed by atoms with E-state index in [1.54, 1.807) is 39.5 Å². The lowest BCUT2D eigenvalue weighted by Crippen LogP contribution is -2.47. The Kier molecular flexibility index (Phi) is 7.09. The predicted molar refractivity (Wildman–Crippen MR) is 129 cm³/mol. The number of rotatable bonds is 8. The van der Waals surface area contributed by atoms with E-state index in [4.69, 9.17) is 31.0 Å². The van der Waals surface area contributed by atoms with Crippen molar-refractivity contribution >= 4 is 22.9 Å². The van der Waals surface area contributed by atoms with E-state index in [2.05, 4.69) is 15.5 Å². The molecule has 10 heteroatoms. The number of hydrogen-bond donors (Lipinski definition) is 1. The van der Waals surface area contributed by atoms with Crippen LogP contribution < -0.4 is 14.8 Å². The number of benzene rings is 2. The molecule has 178 valence electrons. The highest BCUT2D eigenvalue weighted by Gasteiger charge is 2.34. The van der Waals surface area contributed by atoms with Crippen LogP contribution in [0.5, 0.6) is 11.5 Å². The lowest BCUT2D eigenvalue weighted by molar-refractivity contribution is 0.183. The normalized spacial score (nSPS) is 16.0. The van der Waals surface area contributed by atoms with E-state index in [0.29, 0.717) is 58.2 Å². The van der Waals surface area contributed by atoms with Crippen molar-refractivity contribution in [3.63, 3.8) is 0 Å². The molecule has 0 saturated heterocycles. The first-order chi connectivity index (χ1) is 16.5. The highest BCUT2D eigenvalue weighted by atomic mass is 32.1. The summed E-state index contributed by atoms with van der Waals surface area (Å²) in [6, 6.07) is 11.2. The molecular formula is C24H25FN4O4S. The minimum Gasteiger partial charge on any atom is -0.493 e. The third kappa shape index (κ3) is 4.59. The summed E-state index contributed by atoms with van der Waals surface area (Å²) >= 11 is 5.60. The number of ether oxygens (including phenoxy) is 3. The molecule has 0 radical (unpaired) electrons. The van der Waals surface area contributed by atoms with Crippen LogP contribution in [0.25, 0.3) is 17.0 Å². The van der Waals surface area contributed by atoms with Gasteiger partial charge in [0.05, 0.1) is 32.4 Å². The lowest BCUT2D eigenvalue weighted by Gasteiger charge is -2.37. The van der Waals surface area contributed by atoms with Gasteiger partial charge >= 0.3 is 0 Å². The number of hydrogen-bond acceptors (Lipinski definition) is 7. The van der Waals surface area contributed by atoms with E-state index < -0.39 is 6.04 Å². The molecular weight excluding hydrogens is 459 g/mol. The lowest BCUT2D eigenvalue weighted by atomic mass is 9.94. The Balaban J connectivity index is 1.79. The van der Waals surface area contributed by atoms with Crippen molar-refractivity contribution in [3.8, 4) is 22.9 Å². The average molecular weight is 485 g/mol. The fourth-order valence-corrected chi connectivity index (χ4v) is 4.22. The van der Waals surface area contributed by atoms with Crippen LogP contribution in [0.1, 0.15) is 24.4 Å². The summed E-state index contributed by atoms with van der Waals surface area (Å²) in [5.41, 5.74) is 2.91. The van der Waals surface area contributed by atoms with Gasteiger partial charge in [0.25, 0.3) is 5.89 Å². The maximum atomic E-state index is 14.1. The molecule has 2 heterocycles. The van der Waals surface area contributed by atoms with Crippen molar-refractivity contribution in [3.05, 3.63) is 65.4 Å². The van der Waals surface area contributed by atoms with Crippen LogP contribution in [-0.2, 0) is 4.74 Å². The SMILES string of the molecule is COCCN1C(=S)NC(c2cccc(F)c2)C(c2nc(-c3ccc(OC)c(OC)c3)no2)=C1C. The molecule has 4 rings (SSSR count). The Morgan fingerprint density at radius 1 is 1.12 bits per heavy atom. The van der Waals surface area contributed by atoms with Crippen molar-refractivity contribution in [1.82, 2.24) is 20.4 Å². The second-order valence-electron chi connectivity index (χ2n) is 7.57. The third-order valence-corrected chi connectivity index (χ3v) is 5.93. The third-order valence-electron chi connectivity index (χ3n) is 5.60. The highest BCUT2D eigenvalue weighted by Crippen LogP contribution is 2.38. The minimum absolute atomic E-state index is 0.300. The van der Waals surface area contributed by atoms with Gasteiger partial charge in [-0.05, 0) is 55.0 Å². The molecule has 1 N–H and O–H groups in total. The number of allylic oxidation sites excluding steroid dienone is 1. The van der Waals surface area contributed by atoms with Gasteiger partial charge in [-0.15, -0.1) is 0 Å². The zero-order valence-corrected chi connectivity index (χ0v) is 20.1. The average Bonchev–Trinajstić information content (AvgIpc) is 3.33. The summed E-state index contributed by atoms with van der Waals surface area (Å²) in [4.78, 5) is 6.56. The fraction of sp³-hybridized carbons (Fsp3) is 0.292. The maximum Gasteiger partial charge on any atom is 0.258 e. The summed E-state index contributed by atoms with van der Waals surface area (Å²) in [5, 5.41) is 7.98. The molecule has 0 saturated carbocycles. The minimum atomic E-state index is -0.472. The summed E-state index contributed by atoms with van der Waals surface area (Å²) in [6.45, 7) is 2.92. The molecule has 3 aromatic rings. The molecule has 1 aliphatic rings. The molecule has 0 spiro atoms. The van der Waals surface area contributed by atoms with Crippen molar-refractivity contribution in [2.24, 2.45) is 0 Å². The smallest absolute Gasteiger partial charge is 0.258 e. The Morgan fingerprint density at radius 3 is 2.62 bits per heavy atom. The van der Waals surface area contributed by atoms with Crippen molar-refractivity contribution < 1.29 is 23.1 Å². The van der Waals surface area contributed by atoms with E-state index in [1.807, 2.05) is 24.0 Å². The highest BCUT2D eigenvalue weighted by molar-refractivity contribution is 7.80. The standard InChI is InChI=1S/C24H25FN4O4S/c1-14-20(23-27-22(28-33-23)16-8-9-18(31-3)19(13-16)32-4)21(15-6-5-7-17(25)12-15)26-24(34)29(14)10-11-30-2/h5-9,12-13,21H,10-11H2,1-4H3,(H,26,34). The van der Waals surface area contributed by atoms with Crippen LogP contribution in [0.2, 0.25) is 0 Å². The van der Waals surface area contributed by atoms with Crippen molar-refractivity contribution in [2.45, 2.75) is 13.0 Å². The molecule has 0 aliphatic carbocycles. The van der Waals surface area contributed by atoms with Gasteiger partial charge in [-0.1, -0.05) is 17.3 Å². The first kappa shape index (κ1) is 23.7. The summed E-state index contributed by atoms with van der Waals surface area (Å²) < 4.78 is 35.7. The van der Waals surface area contributed by atoms with Crippen LogP contribution in [0.15, 0.2) is 52.7 Å². The van der Waals surface area contributed by atoms with E-state index in [-0.39, 0.29) is 5.82 Å². The summed E-state index contributed by atoms with van der Waals surface area (Å²) in [7, 11) is 4.76. The Labute approximate surface area is 202 Å².